The minimum absolute atomic E-state index is 2.34. The first-order valence-electron chi connectivity index (χ1n) is 23.0. The summed E-state index contributed by atoms with van der Waals surface area (Å²) in [4.78, 5) is 404. The third-order valence-corrected chi connectivity index (χ3v) is 83.0. The first kappa shape index (κ1) is 116. The molecule has 0 aromatic rings. The van der Waals surface area contributed by atoms with E-state index >= 15 is 4.57 Å². The molecule has 40 N–H and O–H groups in total. The Morgan fingerprint density at radius 2 is 0.259 bits per heavy atom. The molecule has 0 bridgehead atoms. The molecule has 0 aromatic carbocycles. The number of hydroxylamine groups is 6. The van der Waals surface area contributed by atoms with Gasteiger partial charge in [-0.05, 0) is 10.5 Å². The van der Waals surface area contributed by atoms with Crippen LogP contribution in [0.15, 0.2) is 0 Å². The van der Waals surface area contributed by atoms with Gasteiger partial charge in [0.1, 0.15) is 0 Å². The monoisotopic (exact) mass is 2170 g/mol. The molecule has 0 radical (unpaired) electrons. The van der Waals surface area contributed by atoms with Gasteiger partial charge in [0, 0.05) is 13.1 Å². The molecule has 0 aliphatic heterocycles. The standard InChI is InChI=1S/C9H48N3O75P25/c13-88(14,15)5(89(16,17)18,90(19,20)21)103(58,83-108(63,64)65)78-10(1-3-11(79-104(59,84-109(66,67)68)6(91(22,23)24,92(25,26)27)93(28,29)30)80-105(60,85-110(69,70)71)7(94(31,32)33,95(34,35)36)96(37,38)39)2-4-12(81-106(61,86-111(72,73)74)8(97(40,41)42,98(43,44)45)99(46,47)48)82-107(62,87-112(75,76)77)9(100(49,50)51,101(52,53)54)102(55,56)57/h1-4H2,(H2,13,14,15)(H2,16,17,18)(H2,19,20,21)(H2,22,23,24)(H2,25,26,27)(H2,28,29,30)(H2,31,32,33)(H2,34,35,36)(H2,37,38,39)(H2,40,41,42)(H2,43,44,45)(H2,46,47,48)(H2,49,50,51)(H2,52,53,54)(H2,55,56,57)(H2,63,64,65)(H2,66,67,68)(H2,69,70,71)(H2,72,73,74)(H2,75,76,77). The fourth-order valence-corrected chi connectivity index (χ4v) is 64.7. The maximum Gasteiger partial charge on any atom is 0.476 e. The van der Waals surface area contributed by atoms with Crippen LogP contribution >= 0.6 is 191 Å². The summed E-state index contributed by atoms with van der Waals surface area (Å²) >= 11 is 0. The van der Waals surface area contributed by atoms with Gasteiger partial charge < -0.3 is 196 Å². The quantitative estimate of drug-likeness (QED) is 0.0199. The van der Waals surface area contributed by atoms with Crippen molar-refractivity contribution in [1.82, 2.24) is 15.5 Å². The molecule has 0 fully saturated rings. The van der Waals surface area contributed by atoms with Crippen LogP contribution in [0.5, 0.6) is 0 Å². The second-order valence-electron chi connectivity index (χ2n) is 19.0. The summed E-state index contributed by atoms with van der Waals surface area (Å²) in [5.41, 5.74) is 0. The Morgan fingerprint density at radius 1 is 0.161 bits per heavy atom. The molecule has 0 rings (SSSR count). The highest BCUT2D eigenvalue weighted by Crippen LogP contribution is 3.04. The third kappa shape index (κ3) is 23.3. The minimum atomic E-state index is -9.67. The third-order valence-electron chi connectivity index (χ3n) is 10.8. The Hall–Kier alpha value is 3.63. The molecule has 103 heteroatoms. The van der Waals surface area contributed by atoms with Crippen molar-refractivity contribution in [3.8, 4) is 0 Å². The van der Waals surface area contributed by atoms with Crippen LogP contribution in [0.2, 0.25) is 0 Å². The van der Waals surface area contributed by atoms with Gasteiger partial charge in [0.15, 0.2) is 0 Å². The van der Waals surface area contributed by atoms with Crippen LogP contribution in [0, 0.1) is 0 Å². The lowest BCUT2D eigenvalue weighted by molar-refractivity contribution is -0.279. The van der Waals surface area contributed by atoms with Gasteiger partial charge in [-0.2, -0.15) is 23.6 Å². The number of phosphoric acid groups is 5. The fourth-order valence-electron chi connectivity index (χ4n) is 7.67. The zero-order valence-electron chi connectivity index (χ0n) is 50.0. The van der Waals surface area contributed by atoms with Crippen molar-refractivity contribution in [2.45, 2.75) is 21.9 Å². The van der Waals surface area contributed by atoms with Crippen molar-refractivity contribution >= 4 is 191 Å². The van der Waals surface area contributed by atoms with E-state index in [-0.39, 0.29) is 0 Å². The largest absolute Gasteiger partial charge is 0.476 e. The maximum atomic E-state index is 15.0. The van der Waals surface area contributed by atoms with Crippen molar-refractivity contribution in [1.29, 1.82) is 0 Å². The van der Waals surface area contributed by atoms with E-state index in [4.69, 9.17) is 0 Å². The second kappa shape index (κ2) is 34.7. The van der Waals surface area contributed by atoms with Crippen LogP contribution < -0.4 is 0 Å². The Labute approximate surface area is 607 Å². The zero-order valence-corrected chi connectivity index (χ0v) is 72.4. The summed E-state index contributed by atoms with van der Waals surface area (Å²) < 4.78 is 331. The van der Waals surface area contributed by atoms with Crippen LogP contribution in [-0.2, 0) is 159 Å². The average Bonchev–Trinajstić information content (AvgIpc) is 0.705. The van der Waals surface area contributed by atoms with E-state index in [0.29, 0.717) is 0 Å². The lowest BCUT2D eigenvalue weighted by atomic mass is 10.5. The van der Waals surface area contributed by atoms with Gasteiger partial charge >= 0.3 is 213 Å². The molecular formula is C9H48N3O75P25. The molecule has 0 aliphatic rings. The van der Waals surface area contributed by atoms with E-state index in [9.17, 15) is 305 Å². The van der Waals surface area contributed by atoms with Crippen molar-refractivity contribution < 1.29 is 355 Å². The molecule has 0 saturated carbocycles. The Morgan fingerprint density at radius 3 is 0.348 bits per heavy atom. The first-order chi connectivity index (χ1) is 47.5. The van der Waals surface area contributed by atoms with Crippen LogP contribution in [0.3, 0.4) is 0 Å². The topological polar surface area (TPSA) is 1340 Å². The number of hydrogen-bond donors (Lipinski definition) is 40. The summed E-state index contributed by atoms with van der Waals surface area (Å²) in [6, 6.07) is 0. The van der Waals surface area contributed by atoms with Crippen molar-refractivity contribution in [2.24, 2.45) is 0 Å². The average molecular weight is 2170 g/mol. The molecule has 78 nitrogen and oxygen atoms in total. The summed E-state index contributed by atoms with van der Waals surface area (Å²) in [5.74, 6) is 0. The highest BCUT2D eigenvalue weighted by molar-refractivity contribution is 8.08. The smallest absolute Gasteiger partial charge is 0.323 e. The molecule has 0 saturated heterocycles. The summed E-state index contributed by atoms with van der Waals surface area (Å²) in [6.45, 7) is -16.2. The molecule has 0 amide bonds. The Bertz CT molecular complexity index is 4110. The van der Waals surface area contributed by atoms with Gasteiger partial charge in [-0.15, -0.1) is 0 Å². The molecular weight excluding hydrogens is 2120 g/mol. The molecule has 0 heterocycles. The van der Waals surface area contributed by atoms with Crippen molar-refractivity contribution in [2.75, 3.05) is 26.2 Å². The Balaban J connectivity index is 12.1. The van der Waals surface area contributed by atoms with Gasteiger partial charge in [0.05, 0.1) is 13.1 Å². The van der Waals surface area contributed by atoms with Gasteiger partial charge in [0.2, 0.25) is 0 Å². The first-order valence-corrected chi connectivity index (χ1v) is 62.5. The van der Waals surface area contributed by atoms with Gasteiger partial charge in [-0.3, -0.25) is 91.3 Å². The summed E-state index contributed by atoms with van der Waals surface area (Å²) in [6.07, 6.45) is 0. The highest BCUT2D eigenvalue weighted by Gasteiger charge is 2.91. The number of nitrogens with zero attached hydrogens (tertiary/aromatic N) is 3. The van der Waals surface area contributed by atoms with E-state index in [1.807, 2.05) is 0 Å². The van der Waals surface area contributed by atoms with E-state index in [1.54, 1.807) is 0 Å². The number of hydrogen-bond acceptors (Lipinski definition) is 38. The highest BCUT2D eigenvalue weighted by atomic mass is 31.4. The Kier molecular flexibility index (Phi) is 35.8. The van der Waals surface area contributed by atoms with E-state index in [2.05, 4.69) is 44.7 Å². The maximum absolute atomic E-state index is 15.0. The SMILES string of the molecule is O=P(O)(O)OP(=O)(ON(CCN(OP(=O)(OP(=O)(O)O)C(P(=O)(O)O)(P(=O)(O)O)P(=O)(O)O)OP(=O)(OP(=O)(O)O)C(P(=O)(O)O)(P(=O)(O)O)P(=O)(O)O)CCN(OP(=O)(OP(=O)(O)O)C(P(=O)(O)O)(P(=O)(O)O)P(=O)(O)O)OP(=O)(OP(=O)(O)O)C(P(=O)(O)O)(P(=O)(O)O)P(=O)(O)O)C(P(=O)(O)O)(P(=O)(O)O)P(=O)(O)O. The molecule has 112 heavy (non-hydrogen) atoms. The van der Waals surface area contributed by atoms with Gasteiger partial charge in [-0.25, -0.2) is 49.0 Å². The van der Waals surface area contributed by atoms with Crippen LogP contribution in [0.25, 0.3) is 0 Å². The molecule has 0 aromatic heterocycles. The minimum Gasteiger partial charge on any atom is -0.323 e. The van der Waals surface area contributed by atoms with Crippen LogP contribution in [-0.4, -0.2) is 259 Å². The fraction of sp³-hybridized carbons (Fsp3) is 1.00. The number of rotatable bonds is 46. The summed E-state index contributed by atoms with van der Waals surface area (Å²) in [7, 11) is -222. The van der Waals surface area contributed by atoms with Crippen LogP contribution in [0.4, 0.5) is 0 Å². The van der Waals surface area contributed by atoms with Gasteiger partial charge in [-0.1, -0.05) is 0 Å². The van der Waals surface area contributed by atoms with E-state index < -0.39 is 255 Å². The lowest BCUT2D eigenvalue weighted by Gasteiger charge is -2.43. The molecule has 0 spiro atoms. The molecule has 0 aliphatic carbocycles. The molecule has 5 atom stereocenters. The van der Waals surface area contributed by atoms with E-state index in [0.717, 1.165) is 0 Å². The van der Waals surface area contributed by atoms with Crippen molar-refractivity contribution in [3.05, 3.63) is 0 Å². The van der Waals surface area contributed by atoms with E-state index in [1.165, 1.54) is 0 Å². The zero-order chi connectivity index (χ0) is 91.6. The molecule has 5 unspecified atom stereocenters. The van der Waals surface area contributed by atoms with Crippen LogP contribution in [0.1, 0.15) is 0 Å². The summed E-state index contributed by atoms with van der Waals surface area (Å²) in [5, 5.41) is -8.31. The lowest BCUT2D eigenvalue weighted by Crippen LogP contribution is -2.43. The second-order valence-corrected chi connectivity index (χ2v) is 73.2. The predicted molar refractivity (Wildman–Crippen MR) is 328 cm³/mol. The predicted octanol–water partition coefficient (Wildman–Crippen LogP) is -6.22. The molecule has 674 valence electrons. The van der Waals surface area contributed by atoms with Gasteiger partial charge in [0.25, 0.3) is 0 Å². The normalized spacial score (nSPS) is 18.7. The van der Waals surface area contributed by atoms with Crippen molar-refractivity contribution in [3.63, 3.8) is 0 Å².